The summed E-state index contributed by atoms with van der Waals surface area (Å²) in [5.41, 5.74) is 1.94. The van der Waals surface area contributed by atoms with Gasteiger partial charge in [0.15, 0.2) is 0 Å². The first-order valence-electron chi connectivity index (χ1n) is 6.25. The highest BCUT2D eigenvalue weighted by Crippen LogP contribution is 2.26. The Morgan fingerprint density at radius 2 is 1.68 bits per heavy atom. The fourth-order valence-electron chi connectivity index (χ4n) is 2.42. The average Bonchev–Trinajstić information content (AvgIpc) is 2.98. The van der Waals surface area contributed by atoms with Crippen molar-refractivity contribution in [1.82, 2.24) is 10.2 Å². The Bertz CT molecular complexity index is 861. The minimum atomic E-state index is 0.926. The molecular weight excluding hydrogens is 232 g/mol. The van der Waals surface area contributed by atoms with Crippen LogP contribution in [0.2, 0.25) is 0 Å². The molecule has 4 aromatic rings. The topological polar surface area (TPSA) is 28.7 Å². The summed E-state index contributed by atoms with van der Waals surface area (Å²) < 4.78 is 0. The van der Waals surface area contributed by atoms with Gasteiger partial charge in [-0.1, -0.05) is 36.4 Å². The fourth-order valence-corrected chi connectivity index (χ4v) is 2.42. The first-order valence-corrected chi connectivity index (χ1v) is 6.25. The molecule has 1 aromatic heterocycles. The maximum absolute atomic E-state index is 4.20. The van der Waals surface area contributed by atoms with E-state index >= 15 is 0 Å². The van der Waals surface area contributed by atoms with Gasteiger partial charge in [-0.15, -0.1) is 0 Å². The predicted octanol–water partition coefficient (Wildman–Crippen LogP) is 4.18. The lowest BCUT2D eigenvalue weighted by atomic mass is 10.0. The predicted molar refractivity (Wildman–Crippen MR) is 77.9 cm³/mol. The molecule has 2 nitrogen and oxygen atoms in total. The van der Waals surface area contributed by atoms with Gasteiger partial charge in [-0.25, -0.2) is 0 Å². The number of H-pyrrole nitrogens is 1. The van der Waals surface area contributed by atoms with Gasteiger partial charge in [-0.05, 0) is 39.7 Å². The molecule has 0 unspecified atom stereocenters. The Balaban J connectivity index is 2.00. The van der Waals surface area contributed by atoms with E-state index in [0.29, 0.717) is 0 Å². The Morgan fingerprint density at radius 1 is 0.842 bits per heavy atom. The summed E-state index contributed by atoms with van der Waals surface area (Å²) in [5, 5.41) is 11.9. The Labute approximate surface area is 110 Å². The summed E-state index contributed by atoms with van der Waals surface area (Å²) >= 11 is 0. The molecule has 0 saturated carbocycles. The number of benzene rings is 3. The number of hydrogen-bond donors (Lipinski definition) is 1. The van der Waals surface area contributed by atoms with Crippen LogP contribution < -0.4 is 0 Å². The van der Waals surface area contributed by atoms with E-state index in [1.165, 1.54) is 16.2 Å². The average molecular weight is 243 g/mol. The van der Waals surface area contributed by atoms with Gasteiger partial charge >= 0.3 is 0 Å². The zero-order chi connectivity index (χ0) is 12.7. The molecule has 1 N–H and O–H groups in total. The van der Waals surface area contributed by atoms with Gasteiger partial charge in [-0.3, -0.25) is 5.10 Å². The number of hydrogen-bond acceptors (Lipinski definition) is 1. The van der Waals surface area contributed by atoms with Crippen LogP contribution in [0.15, 0.2) is 60.8 Å². The van der Waals surface area contributed by atoms with E-state index in [4.69, 9.17) is 0 Å². The lowest BCUT2D eigenvalue weighted by Gasteiger charge is -2.03. The molecule has 0 fully saturated rings. The van der Waals surface area contributed by atoms with Gasteiger partial charge in [0.1, 0.15) is 0 Å². The number of rotatable bonds is 1. The van der Waals surface area contributed by atoms with E-state index in [0.717, 1.165) is 16.6 Å². The minimum absolute atomic E-state index is 0.926. The second-order valence-corrected chi connectivity index (χ2v) is 4.62. The molecule has 0 bridgehead atoms. The summed E-state index contributed by atoms with van der Waals surface area (Å²) in [7, 11) is 0. The highest BCUT2D eigenvalue weighted by atomic mass is 15.1. The van der Waals surface area contributed by atoms with E-state index in [1.54, 1.807) is 0 Å². The first-order chi connectivity index (χ1) is 9.40. The van der Waals surface area contributed by atoms with Crippen LogP contribution in [0.4, 0.5) is 0 Å². The number of fused-ring (bicyclic) bond motifs is 2. The molecule has 19 heavy (non-hydrogen) atoms. The van der Waals surface area contributed by atoms with Crippen LogP contribution in [0.3, 0.4) is 0 Å². The molecule has 1 radical (unpaired) electrons. The van der Waals surface area contributed by atoms with E-state index < -0.39 is 0 Å². The molecule has 0 atom stereocenters. The number of nitrogens with one attached hydrogen (secondary N) is 1. The molecule has 0 aliphatic rings. The molecule has 89 valence electrons. The molecule has 3 aromatic carbocycles. The maximum atomic E-state index is 4.20. The van der Waals surface area contributed by atoms with Gasteiger partial charge in [0.05, 0.1) is 5.69 Å². The third-order valence-corrected chi connectivity index (χ3v) is 3.39. The van der Waals surface area contributed by atoms with E-state index in [-0.39, 0.29) is 0 Å². The molecular formula is C17H11N2. The minimum Gasteiger partial charge on any atom is -0.285 e. The summed E-state index contributed by atoms with van der Waals surface area (Å²) in [5.74, 6) is 0. The van der Waals surface area contributed by atoms with Crippen molar-refractivity contribution in [2.24, 2.45) is 0 Å². The first kappa shape index (κ1) is 10.3. The van der Waals surface area contributed by atoms with Crippen LogP contribution in [0, 0.1) is 6.07 Å². The van der Waals surface area contributed by atoms with Crippen molar-refractivity contribution in [1.29, 1.82) is 0 Å². The van der Waals surface area contributed by atoms with Crippen LogP contribution in [-0.2, 0) is 0 Å². The van der Waals surface area contributed by atoms with Crippen molar-refractivity contribution < 1.29 is 0 Å². The van der Waals surface area contributed by atoms with Crippen molar-refractivity contribution >= 4 is 21.5 Å². The van der Waals surface area contributed by atoms with Crippen LogP contribution in [0.5, 0.6) is 0 Å². The van der Waals surface area contributed by atoms with Crippen molar-refractivity contribution in [3.63, 3.8) is 0 Å². The lowest BCUT2D eigenvalue weighted by molar-refractivity contribution is 1.10. The third kappa shape index (κ3) is 1.69. The van der Waals surface area contributed by atoms with Crippen LogP contribution in [-0.4, -0.2) is 10.2 Å². The second kappa shape index (κ2) is 3.95. The molecule has 0 aliphatic carbocycles. The van der Waals surface area contributed by atoms with E-state index in [2.05, 4.69) is 64.8 Å². The normalized spacial score (nSPS) is 11.2. The standard InChI is InChI=1S/C17H11N2/c1-2-4-13-10-16-11-15(17-7-8-18-19-17)6-5-14(16)9-12(13)3-1/h1-10H,(H,18,19). The van der Waals surface area contributed by atoms with Crippen molar-refractivity contribution in [3.8, 4) is 11.3 Å². The quantitative estimate of drug-likeness (QED) is 0.499. The Kier molecular flexibility index (Phi) is 2.15. The second-order valence-electron chi connectivity index (χ2n) is 4.62. The summed E-state index contributed by atoms with van der Waals surface area (Å²) in [6, 6.07) is 22.4. The van der Waals surface area contributed by atoms with Crippen LogP contribution in [0.25, 0.3) is 32.8 Å². The zero-order valence-corrected chi connectivity index (χ0v) is 10.2. The smallest absolute Gasteiger partial charge is 0.0927 e. The van der Waals surface area contributed by atoms with Crippen molar-refractivity contribution in [2.75, 3.05) is 0 Å². The summed E-state index contributed by atoms with van der Waals surface area (Å²) in [6.45, 7) is 0. The highest BCUT2D eigenvalue weighted by Gasteiger charge is 2.03. The molecule has 0 spiro atoms. The fraction of sp³-hybridized carbons (Fsp3) is 0. The molecule has 4 rings (SSSR count). The third-order valence-electron chi connectivity index (χ3n) is 3.39. The molecule has 2 heteroatoms. The number of aromatic amines is 1. The molecule has 0 aliphatic heterocycles. The SMILES string of the molecule is [c]1c(-c2cc[nH]n2)ccc2cc3ccccc3cc12. The Morgan fingerprint density at radius 3 is 2.47 bits per heavy atom. The van der Waals surface area contributed by atoms with E-state index in [1.807, 2.05) is 12.3 Å². The van der Waals surface area contributed by atoms with Gasteiger partial charge in [0, 0.05) is 17.8 Å². The lowest BCUT2D eigenvalue weighted by Crippen LogP contribution is -1.81. The largest absolute Gasteiger partial charge is 0.285 e. The summed E-state index contributed by atoms with van der Waals surface area (Å²) in [6.07, 6.45) is 1.83. The van der Waals surface area contributed by atoms with Gasteiger partial charge in [0.25, 0.3) is 0 Å². The van der Waals surface area contributed by atoms with Crippen molar-refractivity contribution in [2.45, 2.75) is 0 Å². The monoisotopic (exact) mass is 243 g/mol. The van der Waals surface area contributed by atoms with Gasteiger partial charge < -0.3 is 0 Å². The molecule has 1 heterocycles. The molecule has 0 saturated heterocycles. The number of aromatic nitrogens is 2. The molecule has 0 amide bonds. The summed E-state index contributed by atoms with van der Waals surface area (Å²) in [4.78, 5) is 0. The van der Waals surface area contributed by atoms with Crippen LogP contribution in [0.1, 0.15) is 0 Å². The zero-order valence-electron chi connectivity index (χ0n) is 10.2. The highest BCUT2D eigenvalue weighted by molar-refractivity contribution is 5.99. The Hall–Kier alpha value is -2.61. The van der Waals surface area contributed by atoms with Crippen LogP contribution >= 0.6 is 0 Å². The van der Waals surface area contributed by atoms with Gasteiger partial charge in [-0.2, -0.15) is 5.10 Å². The van der Waals surface area contributed by atoms with Crippen molar-refractivity contribution in [3.05, 3.63) is 66.9 Å². The van der Waals surface area contributed by atoms with E-state index in [9.17, 15) is 0 Å². The van der Waals surface area contributed by atoms with Gasteiger partial charge in [0.2, 0.25) is 0 Å². The number of nitrogens with zero attached hydrogens (tertiary/aromatic N) is 1. The maximum Gasteiger partial charge on any atom is 0.0927 e.